The van der Waals surface area contributed by atoms with Crippen LogP contribution in [0.15, 0.2) is 30.1 Å². The van der Waals surface area contributed by atoms with Crippen molar-refractivity contribution in [2.24, 2.45) is 0 Å². The van der Waals surface area contributed by atoms with E-state index in [1.165, 1.54) is 0 Å². The van der Waals surface area contributed by atoms with E-state index in [-0.39, 0.29) is 12.3 Å². The number of nitrogens with zero attached hydrogens (tertiary/aromatic N) is 3. The lowest BCUT2D eigenvalue weighted by atomic mass is 10.2. The predicted octanol–water partition coefficient (Wildman–Crippen LogP) is 0.947. The maximum atomic E-state index is 12.1. The van der Waals surface area contributed by atoms with E-state index in [2.05, 4.69) is 26.4 Å². The lowest BCUT2D eigenvalue weighted by Crippen LogP contribution is -2.28. The number of rotatable bonds is 11. The Balaban J connectivity index is 1.73. The molecule has 32 heavy (non-hydrogen) atoms. The molecule has 2 amide bonds. The number of amides is 2. The van der Waals surface area contributed by atoms with Gasteiger partial charge >= 0.3 is 0 Å². The summed E-state index contributed by atoms with van der Waals surface area (Å²) in [7, 11) is 1.61. The number of nitrogens with one attached hydrogen (secondary N) is 4. The molecular weight excluding hydrogens is 430 g/mol. The van der Waals surface area contributed by atoms with Crippen LogP contribution in [0.3, 0.4) is 0 Å². The molecule has 0 radical (unpaired) electrons. The van der Waals surface area contributed by atoms with Gasteiger partial charge in [0.25, 0.3) is 5.91 Å². The van der Waals surface area contributed by atoms with Gasteiger partial charge < -0.3 is 21.1 Å². The fourth-order valence-electron chi connectivity index (χ4n) is 3.19. The smallest absolute Gasteiger partial charge is 0.273 e. The van der Waals surface area contributed by atoms with Crippen LogP contribution >= 0.6 is 11.3 Å². The van der Waals surface area contributed by atoms with Gasteiger partial charge in [0.1, 0.15) is 11.5 Å². The molecule has 0 aromatic carbocycles. The molecule has 5 N–H and O–H groups in total. The average molecular weight is 456 g/mol. The average Bonchev–Trinajstić information content (AvgIpc) is 3.32. The highest BCUT2D eigenvalue weighted by Crippen LogP contribution is 2.32. The fraction of sp³-hybridized carbons (Fsp3) is 0.333. The zero-order chi connectivity index (χ0) is 22.5. The Hall–Kier alpha value is -3.28. The van der Waals surface area contributed by atoms with Crippen LogP contribution in [0.4, 0.5) is 5.82 Å². The summed E-state index contributed by atoms with van der Waals surface area (Å²) >= 11 is 1.63. The number of carbonyl (C=O) groups is 2. The summed E-state index contributed by atoms with van der Waals surface area (Å²) in [6.07, 6.45) is 5.85. The lowest BCUT2D eigenvalue weighted by Gasteiger charge is -2.10. The van der Waals surface area contributed by atoms with Gasteiger partial charge in [0.15, 0.2) is 5.65 Å². The van der Waals surface area contributed by atoms with E-state index in [9.17, 15) is 9.59 Å². The summed E-state index contributed by atoms with van der Waals surface area (Å²) < 4.78 is 1.73. The van der Waals surface area contributed by atoms with E-state index in [4.69, 9.17) is 10.1 Å². The Kier molecular flexibility index (Phi) is 6.78. The van der Waals surface area contributed by atoms with Gasteiger partial charge in [-0.05, 0) is 31.1 Å². The van der Waals surface area contributed by atoms with Gasteiger partial charge in [-0.3, -0.25) is 14.9 Å². The van der Waals surface area contributed by atoms with Crippen molar-refractivity contribution in [1.29, 1.82) is 0 Å². The first-order chi connectivity index (χ1) is 15.6. The number of likely N-dealkylation sites (N-methyl/N-ethyl adjacent to an activating group) is 1. The number of aliphatic hydroxyl groups is 1. The van der Waals surface area contributed by atoms with Gasteiger partial charge in [0, 0.05) is 42.7 Å². The number of carbonyl (C=O) groups excluding carboxylic acids is 2. The molecule has 1 aliphatic carbocycles. The Bertz CT molecular complexity index is 1150. The second kappa shape index (κ2) is 9.90. The highest BCUT2D eigenvalue weighted by Gasteiger charge is 2.23. The third-order valence-electron chi connectivity index (χ3n) is 4.93. The number of imide groups is 1. The maximum Gasteiger partial charge on any atom is 0.273 e. The standard InChI is InChI=1S/C21H25N7O3S/c1-22-17(21(31)24-12-30)8-13-10-25-28-19(26-14-2-3-14)9-16(27-20(13)28)18-5-4-15(32-18)11-23-6-7-29/h4-5,8-10,12,14,22-23,26,29H,2-3,6-7,11H2,1H3,(H,24,30,31)/b17-8-. The first-order valence-electron chi connectivity index (χ1n) is 10.3. The summed E-state index contributed by atoms with van der Waals surface area (Å²) in [5.41, 5.74) is 2.28. The van der Waals surface area contributed by atoms with Crippen LogP contribution in [-0.4, -0.2) is 58.3 Å². The lowest BCUT2D eigenvalue weighted by molar-refractivity contribution is -0.122. The van der Waals surface area contributed by atoms with Crippen LogP contribution in [0.2, 0.25) is 0 Å². The summed E-state index contributed by atoms with van der Waals surface area (Å²) in [5.74, 6) is 0.302. The molecule has 0 atom stereocenters. The normalized spacial score (nSPS) is 13.9. The molecule has 4 rings (SSSR count). The third kappa shape index (κ3) is 4.96. The van der Waals surface area contributed by atoms with Gasteiger partial charge in [0.05, 0.1) is 23.4 Å². The summed E-state index contributed by atoms with van der Waals surface area (Å²) in [5, 5.41) is 25.0. The van der Waals surface area contributed by atoms with Crippen LogP contribution in [0, 0.1) is 0 Å². The first-order valence-corrected chi connectivity index (χ1v) is 11.1. The maximum absolute atomic E-state index is 12.1. The molecule has 0 saturated heterocycles. The van der Waals surface area contributed by atoms with Crippen molar-refractivity contribution in [2.45, 2.75) is 25.4 Å². The molecule has 1 fully saturated rings. The number of hydrogen-bond acceptors (Lipinski definition) is 9. The quantitative estimate of drug-likeness (QED) is 0.164. The molecule has 1 aliphatic rings. The number of aliphatic hydroxyl groups excluding tert-OH is 1. The van der Waals surface area contributed by atoms with Gasteiger partial charge in [-0.2, -0.15) is 9.61 Å². The topological polar surface area (TPSA) is 133 Å². The molecule has 1 saturated carbocycles. The van der Waals surface area contributed by atoms with Crippen molar-refractivity contribution in [1.82, 2.24) is 30.5 Å². The van der Waals surface area contributed by atoms with Crippen molar-refractivity contribution in [2.75, 3.05) is 25.5 Å². The molecule has 3 aromatic rings. The molecule has 0 unspecified atom stereocenters. The summed E-state index contributed by atoms with van der Waals surface area (Å²) in [6.45, 7) is 1.33. The minimum atomic E-state index is -0.535. The molecule has 11 heteroatoms. The van der Waals surface area contributed by atoms with Crippen LogP contribution in [0.25, 0.3) is 22.3 Å². The largest absolute Gasteiger partial charge is 0.395 e. The van der Waals surface area contributed by atoms with Crippen molar-refractivity contribution in [3.05, 3.63) is 40.5 Å². The Morgan fingerprint density at radius 2 is 2.22 bits per heavy atom. The van der Waals surface area contributed by atoms with E-state index in [0.717, 1.165) is 34.1 Å². The van der Waals surface area contributed by atoms with Crippen LogP contribution in [-0.2, 0) is 16.1 Å². The number of anilines is 1. The van der Waals surface area contributed by atoms with Crippen LogP contribution in [0.1, 0.15) is 23.3 Å². The van der Waals surface area contributed by atoms with Crippen LogP contribution in [0.5, 0.6) is 0 Å². The monoisotopic (exact) mass is 455 g/mol. The highest BCUT2D eigenvalue weighted by atomic mass is 32.1. The highest BCUT2D eigenvalue weighted by molar-refractivity contribution is 7.15. The second-order valence-electron chi connectivity index (χ2n) is 7.35. The Labute approximate surface area is 188 Å². The Morgan fingerprint density at radius 1 is 1.38 bits per heavy atom. The van der Waals surface area contributed by atoms with E-state index in [1.54, 1.807) is 35.2 Å². The summed E-state index contributed by atoms with van der Waals surface area (Å²) in [4.78, 5) is 29.7. The molecule has 0 bridgehead atoms. The minimum absolute atomic E-state index is 0.101. The molecule has 10 nitrogen and oxygen atoms in total. The number of fused-ring (bicyclic) bond motifs is 1. The van der Waals surface area contributed by atoms with Gasteiger partial charge in [-0.15, -0.1) is 11.3 Å². The second-order valence-corrected chi connectivity index (χ2v) is 8.51. The zero-order valence-electron chi connectivity index (χ0n) is 17.6. The van der Waals surface area contributed by atoms with Crippen molar-refractivity contribution < 1.29 is 14.7 Å². The molecule has 3 aromatic heterocycles. The number of thiophene rings is 1. The Morgan fingerprint density at radius 3 is 2.94 bits per heavy atom. The van der Waals surface area contributed by atoms with Crippen LogP contribution < -0.4 is 21.3 Å². The predicted molar refractivity (Wildman–Crippen MR) is 123 cm³/mol. The van der Waals surface area contributed by atoms with Gasteiger partial charge in [-0.1, -0.05) is 0 Å². The number of hydrogen-bond donors (Lipinski definition) is 5. The molecule has 3 heterocycles. The first kappa shape index (κ1) is 21.9. The zero-order valence-corrected chi connectivity index (χ0v) is 18.4. The van der Waals surface area contributed by atoms with Crippen molar-refractivity contribution in [3.8, 4) is 10.6 Å². The van der Waals surface area contributed by atoms with E-state index >= 15 is 0 Å². The van der Waals surface area contributed by atoms with Crippen molar-refractivity contribution >= 4 is 41.2 Å². The molecule has 0 aliphatic heterocycles. The van der Waals surface area contributed by atoms with Crippen molar-refractivity contribution in [3.63, 3.8) is 0 Å². The van der Waals surface area contributed by atoms with E-state index in [0.29, 0.717) is 36.8 Å². The van der Waals surface area contributed by atoms with E-state index < -0.39 is 5.91 Å². The van der Waals surface area contributed by atoms with Gasteiger partial charge in [0.2, 0.25) is 6.41 Å². The fourth-order valence-corrected chi connectivity index (χ4v) is 4.12. The molecule has 168 valence electrons. The minimum Gasteiger partial charge on any atom is -0.395 e. The summed E-state index contributed by atoms with van der Waals surface area (Å²) in [6, 6.07) is 6.48. The molecular formula is C21H25N7O3S. The molecule has 0 spiro atoms. The van der Waals surface area contributed by atoms with E-state index in [1.807, 2.05) is 18.2 Å². The number of aromatic nitrogens is 3. The third-order valence-corrected chi connectivity index (χ3v) is 6.04. The SMILES string of the molecule is CN/C(=C\c1cnn2c(NC3CC3)cc(-c3ccc(CNCCO)s3)nc12)C(=O)NC=O. The van der Waals surface area contributed by atoms with Gasteiger partial charge in [-0.25, -0.2) is 4.98 Å².